The molecule has 0 aliphatic carbocycles. The van der Waals surface area contributed by atoms with E-state index in [0.29, 0.717) is 13.1 Å². The van der Waals surface area contributed by atoms with E-state index in [-0.39, 0.29) is 12.3 Å². The number of nitrogens with zero attached hydrogens (tertiary/aromatic N) is 1. The number of aryl methyl sites for hydroxylation is 1. The zero-order valence-corrected chi connectivity index (χ0v) is 9.89. The number of phenols is 1. The Bertz CT molecular complexity index is 415. The van der Waals surface area contributed by atoms with Crippen LogP contribution in [0.25, 0.3) is 0 Å². The van der Waals surface area contributed by atoms with Crippen LogP contribution in [0.2, 0.25) is 0 Å². The van der Waals surface area contributed by atoms with Gasteiger partial charge in [0.05, 0.1) is 6.54 Å². The minimum Gasteiger partial charge on any atom is -0.508 e. The fourth-order valence-corrected chi connectivity index (χ4v) is 1.64. The van der Waals surface area contributed by atoms with Crippen molar-refractivity contribution in [3.05, 3.63) is 42.0 Å². The fraction of sp³-hybridized carbons (Fsp3) is 0.308. The Morgan fingerprint density at radius 2 is 2.24 bits per heavy atom. The van der Waals surface area contributed by atoms with Crippen molar-refractivity contribution < 1.29 is 15.0 Å². The minimum absolute atomic E-state index is 0.0700. The molecule has 2 N–H and O–H groups in total. The van der Waals surface area contributed by atoms with E-state index in [1.807, 2.05) is 19.1 Å². The summed E-state index contributed by atoms with van der Waals surface area (Å²) in [7, 11) is 0. The molecule has 0 amide bonds. The van der Waals surface area contributed by atoms with Gasteiger partial charge in [-0.3, -0.25) is 9.69 Å². The molecule has 0 heterocycles. The van der Waals surface area contributed by atoms with Crippen molar-refractivity contribution >= 4 is 5.97 Å². The maximum Gasteiger partial charge on any atom is 0.317 e. The number of carboxylic acids is 1. The Labute approximate surface area is 101 Å². The van der Waals surface area contributed by atoms with E-state index in [1.165, 1.54) is 0 Å². The smallest absolute Gasteiger partial charge is 0.317 e. The third kappa shape index (κ3) is 4.28. The Hall–Kier alpha value is -1.81. The first-order chi connectivity index (χ1) is 8.02. The minimum atomic E-state index is -0.890. The standard InChI is InChI=1S/C13H17NO3/c1-3-6-14(9-13(16)17)8-11-7-10(2)4-5-12(11)15/h3-5,7,15H,1,6,8-9H2,2H3,(H,16,17). The molecule has 1 aromatic carbocycles. The third-order valence-corrected chi connectivity index (χ3v) is 2.38. The van der Waals surface area contributed by atoms with Crippen molar-refractivity contribution in [3.63, 3.8) is 0 Å². The van der Waals surface area contributed by atoms with Crippen molar-refractivity contribution in [1.82, 2.24) is 4.90 Å². The topological polar surface area (TPSA) is 60.8 Å². The molecule has 0 aromatic heterocycles. The molecule has 0 radical (unpaired) electrons. The highest BCUT2D eigenvalue weighted by atomic mass is 16.4. The molecule has 0 saturated heterocycles. The first-order valence-corrected chi connectivity index (χ1v) is 5.36. The largest absolute Gasteiger partial charge is 0.508 e. The summed E-state index contributed by atoms with van der Waals surface area (Å²) < 4.78 is 0. The monoisotopic (exact) mass is 235 g/mol. The molecule has 0 saturated carbocycles. The highest BCUT2D eigenvalue weighted by Crippen LogP contribution is 2.19. The number of benzene rings is 1. The van der Waals surface area contributed by atoms with E-state index in [0.717, 1.165) is 11.1 Å². The Kier molecular flexibility index (Phi) is 4.72. The number of aliphatic carboxylic acids is 1. The molecule has 0 aliphatic rings. The van der Waals surface area contributed by atoms with Crippen LogP contribution in [0, 0.1) is 6.92 Å². The van der Waals surface area contributed by atoms with E-state index in [4.69, 9.17) is 5.11 Å². The molecule has 0 aliphatic heterocycles. The van der Waals surface area contributed by atoms with E-state index in [9.17, 15) is 9.90 Å². The summed E-state index contributed by atoms with van der Waals surface area (Å²) in [5, 5.41) is 18.5. The average Bonchev–Trinajstić information content (AvgIpc) is 2.23. The van der Waals surface area contributed by atoms with Gasteiger partial charge in [0.2, 0.25) is 0 Å². The number of aromatic hydroxyl groups is 1. The molecule has 4 nitrogen and oxygen atoms in total. The second-order valence-corrected chi connectivity index (χ2v) is 3.98. The summed E-state index contributed by atoms with van der Waals surface area (Å²) in [5.41, 5.74) is 1.76. The molecule has 0 spiro atoms. The number of hydrogen-bond acceptors (Lipinski definition) is 3. The normalized spacial score (nSPS) is 10.5. The number of phenolic OH excluding ortho intramolecular Hbond substituents is 1. The van der Waals surface area contributed by atoms with Gasteiger partial charge in [0.25, 0.3) is 0 Å². The maximum absolute atomic E-state index is 10.7. The van der Waals surface area contributed by atoms with Gasteiger partial charge < -0.3 is 10.2 Å². The van der Waals surface area contributed by atoms with Gasteiger partial charge in [-0.2, -0.15) is 0 Å². The van der Waals surface area contributed by atoms with Crippen molar-refractivity contribution in [2.45, 2.75) is 13.5 Å². The van der Waals surface area contributed by atoms with E-state index in [1.54, 1.807) is 17.0 Å². The molecular formula is C13H17NO3. The summed E-state index contributed by atoms with van der Waals surface area (Å²) >= 11 is 0. The second kappa shape index (κ2) is 6.06. The van der Waals surface area contributed by atoms with Crippen LogP contribution in [-0.2, 0) is 11.3 Å². The number of carbonyl (C=O) groups is 1. The van der Waals surface area contributed by atoms with Gasteiger partial charge in [0.15, 0.2) is 0 Å². The first kappa shape index (κ1) is 13.3. The molecule has 0 bridgehead atoms. The number of rotatable bonds is 6. The lowest BCUT2D eigenvalue weighted by atomic mass is 10.1. The van der Waals surface area contributed by atoms with Crippen molar-refractivity contribution in [1.29, 1.82) is 0 Å². The van der Waals surface area contributed by atoms with Crippen LogP contribution >= 0.6 is 0 Å². The molecule has 92 valence electrons. The molecule has 0 unspecified atom stereocenters. The Balaban J connectivity index is 2.80. The van der Waals surface area contributed by atoms with Gasteiger partial charge in [0.1, 0.15) is 5.75 Å². The van der Waals surface area contributed by atoms with Crippen LogP contribution in [0.5, 0.6) is 5.75 Å². The van der Waals surface area contributed by atoms with E-state index in [2.05, 4.69) is 6.58 Å². The predicted molar refractivity (Wildman–Crippen MR) is 66.0 cm³/mol. The van der Waals surface area contributed by atoms with Crippen molar-refractivity contribution in [2.24, 2.45) is 0 Å². The van der Waals surface area contributed by atoms with Gasteiger partial charge >= 0.3 is 5.97 Å². The van der Waals surface area contributed by atoms with Gasteiger partial charge in [-0.15, -0.1) is 6.58 Å². The molecule has 0 atom stereocenters. The van der Waals surface area contributed by atoms with Crippen molar-refractivity contribution in [3.8, 4) is 5.75 Å². The lowest BCUT2D eigenvalue weighted by molar-refractivity contribution is -0.138. The highest BCUT2D eigenvalue weighted by Gasteiger charge is 2.11. The predicted octanol–water partition coefficient (Wildman–Crippen LogP) is 1.77. The second-order valence-electron chi connectivity index (χ2n) is 3.98. The summed E-state index contributed by atoms with van der Waals surface area (Å²) in [6.07, 6.45) is 1.65. The molecular weight excluding hydrogens is 218 g/mol. The molecule has 1 rings (SSSR count). The SMILES string of the molecule is C=CCN(CC(=O)O)Cc1cc(C)ccc1O. The number of carboxylic acid groups (broad SMARTS) is 1. The average molecular weight is 235 g/mol. The lowest BCUT2D eigenvalue weighted by Gasteiger charge is -2.19. The number of hydrogen-bond donors (Lipinski definition) is 2. The van der Waals surface area contributed by atoms with Crippen LogP contribution in [0.15, 0.2) is 30.9 Å². The lowest BCUT2D eigenvalue weighted by Crippen LogP contribution is -2.29. The first-order valence-electron chi connectivity index (χ1n) is 5.36. The van der Waals surface area contributed by atoms with Gasteiger partial charge in [-0.1, -0.05) is 23.8 Å². The van der Waals surface area contributed by atoms with E-state index >= 15 is 0 Å². The van der Waals surface area contributed by atoms with Crippen molar-refractivity contribution in [2.75, 3.05) is 13.1 Å². The quantitative estimate of drug-likeness (QED) is 0.738. The summed E-state index contributed by atoms with van der Waals surface area (Å²) in [6.45, 7) is 6.32. The van der Waals surface area contributed by atoms with Crippen LogP contribution in [0.1, 0.15) is 11.1 Å². The molecule has 0 fully saturated rings. The Morgan fingerprint density at radius 1 is 1.53 bits per heavy atom. The van der Waals surface area contributed by atoms with Crippen LogP contribution < -0.4 is 0 Å². The molecule has 1 aromatic rings. The van der Waals surface area contributed by atoms with E-state index < -0.39 is 5.97 Å². The fourth-order valence-electron chi connectivity index (χ4n) is 1.64. The highest BCUT2D eigenvalue weighted by molar-refractivity contribution is 5.69. The van der Waals surface area contributed by atoms with Crippen LogP contribution in [0.3, 0.4) is 0 Å². The maximum atomic E-state index is 10.7. The third-order valence-electron chi connectivity index (χ3n) is 2.38. The summed E-state index contributed by atoms with van der Waals surface area (Å²) in [4.78, 5) is 12.4. The van der Waals surface area contributed by atoms with Gasteiger partial charge in [0, 0.05) is 18.7 Å². The summed E-state index contributed by atoms with van der Waals surface area (Å²) in [6, 6.07) is 5.29. The van der Waals surface area contributed by atoms with Crippen LogP contribution in [0.4, 0.5) is 0 Å². The zero-order valence-electron chi connectivity index (χ0n) is 9.89. The zero-order chi connectivity index (χ0) is 12.8. The van der Waals surface area contributed by atoms with Gasteiger partial charge in [-0.05, 0) is 13.0 Å². The Morgan fingerprint density at radius 3 is 2.82 bits per heavy atom. The van der Waals surface area contributed by atoms with Gasteiger partial charge in [-0.25, -0.2) is 0 Å². The molecule has 4 heteroatoms. The summed E-state index contributed by atoms with van der Waals surface area (Å²) in [5.74, 6) is -0.700. The van der Waals surface area contributed by atoms with Crippen LogP contribution in [-0.4, -0.2) is 34.2 Å². The molecule has 17 heavy (non-hydrogen) atoms.